The minimum atomic E-state index is -0.564. The maximum absolute atomic E-state index is 11.2. The molecule has 0 spiro atoms. The molecule has 0 saturated heterocycles. The van der Waals surface area contributed by atoms with Gasteiger partial charge in [0.1, 0.15) is 12.1 Å². The zero-order chi connectivity index (χ0) is 15.4. The zero-order valence-corrected chi connectivity index (χ0v) is 12.0. The first-order valence-electron chi connectivity index (χ1n) is 5.84. The fourth-order valence-corrected chi connectivity index (χ4v) is 1.90. The molecule has 0 radical (unpaired) electrons. The first-order chi connectivity index (χ1) is 10.1. The fraction of sp³-hybridized carbons (Fsp3) is 0.167. The molecule has 1 aromatic heterocycles. The number of ether oxygens (including phenoxy) is 1. The van der Waals surface area contributed by atoms with Gasteiger partial charge in [-0.1, -0.05) is 11.6 Å². The van der Waals surface area contributed by atoms with Gasteiger partial charge < -0.3 is 15.4 Å². The Balaban J connectivity index is 2.49. The summed E-state index contributed by atoms with van der Waals surface area (Å²) in [6.45, 7) is 0. The molecule has 2 rings (SSSR count). The molecule has 0 fully saturated rings. The molecule has 110 valence electrons. The number of benzene rings is 1. The number of nitrogens with zero attached hydrogens (tertiary/aromatic N) is 3. The van der Waals surface area contributed by atoms with Gasteiger partial charge in [-0.25, -0.2) is 9.97 Å². The van der Waals surface area contributed by atoms with Gasteiger partial charge in [-0.3, -0.25) is 10.1 Å². The molecule has 0 aliphatic rings. The number of rotatable bonds is 5. The topological polar surface area (TPSA) is 102 Å². The molecule has 0 amide bonds. The average molecular weight is 310 g/mol. The summed E-state index contributed by atoms with van der Waals surface area (Å²) in [6, 6.07) is 4.89. The summed E-state index contributed by atoms with van der Waals surface area (Å²) in [7, 11) is 3.03. The maximum atomic E-state index is 11.2. The molecule has 8 nitrogen and oxygen atoms in total. The van der Waals surface area contributed by atoms with E-state index in [0.29, 0.717) is 16.5 Å². The van der Waals surface area contributed by atoms with Gasteiger partial charge in [-0.05, 0) is 18.2 Å². The highest BCUT2D eigenvalue weighted by molar-refractivity contribution is 6.31. The monoisotopic (exact) mass is 309 g/mol. The molecule has 1 aromatic carbocycles. The van der Waals surface area contributed by atoms with Crippen LogP contribution in [0.3, 0.4) is 0 Å². The predicted octanol–water partition coefficient (Wildman–Crippen LogP) is 2.83. The number of hydrogen-bond donors (Lipinski definition) is 2. The third kappa shape index (κ3) is 3.11. The lowest BCUT2D eigenvalue weighted by molar-refractivity contribution is -0.383. The van der Waals surface area contributed by atoms with Crippen LogP contribution in [0.4, 0.5) is 23.0 Å². The third-order valence-electron chi connectivity index (χ3n) is 2.66. The van der Waals surface area contributed by atoms with Crippen molar-refractivity contribution in [1.29, 1.82) is 0 Å². The summed E-state index contributed by atoms with van der Waals surface area (Å²) in [6.07, 6.45) is 1.22. The molecule has 2 N–H and O–H groups in total. The summed E-state index contributed by atoms with van der Waals surface area (Å²) >= 11 is 5.93. The van der Waals surface area contributed by atoms with Crippen LogP contribution >= 0.6 is 11.6 Å². The lowest BCUT2D eigenvalue weighted by Crippen LogP contribution is -2.05. The van der Waals surface area contributed by atoms with Gasteiger partial charge in [0.25, 0.3) is 0 Å². The van der Waals surface area contributed by atoms with Crippen molar-refractivity contribution in [3.05, 3.63) is 39.7 Å². The Kier molecular flexibility index (Phi) is 4.39. The highest BCUT2D eigenvalue weighted by Gasteiger charge is 2.23. The Morgan fingerprint density at radius 1 is 1.33 bits per heavy atom. The molecule has 9 heteroatoms. The minimum absolute atomic E-state index is 0.0416. The predicted molar refractivity (Wildman–Crippen MR) is 79.5 cm³/mol. The van der Waals surface area contributed by atoms with E-state index in [-0.39, 0.29) is 17.3 Å². The van der Waals surface area contributed by atoms with Crippen molar-refractivity contribution in [2.45, 2.75) is 0 Å². The van der Waals surface area contributed by atoms with Gasteiger partial charge in [0.05, 0.1) is 17.7 Å². The quantitative estimate of drug-likeness (QED) is 0.646. The first-order valence-corrected chi connectivity index (χ1v) is 6.22. The van der Waals surface area contributed by atoms with Gasteiger partial charge in [0, 0.05) is 12.1 Å². The van der Waals surface area contributed by atoms with Crippen LogP contribution in [0, 0.1) is 10.1 Å². The van der Waals surface area contributed by atoms with Gasteiger partial charge in [-0.2, -0.15) is 0 Å². The molecule has 0 aliphatic carbocycles. The lowest BCUT2D eigenvalue weighted by Gasteiger charge is -2.11. The van der Waals surface area contributed by atoms with Gasteiger partial charge in [-0.15, -0.1) is 0 Å². The van der Waals surface area contributed by atoms with Crippen molar-refractivity contribution in [3.63, 3.8) is 0 Å². The number of anilines is 3. The van der Waals surface area contributed by atoms with Crippen LogP contribution in [-0.2, 0) is 0 Å². The largest absolute Gasteiger partial charge is 0.495 e. The lowest BCUT2D eigenvalue weighted by atomic mass is 10.3. The van der Waals surface area contributed by atoms with E-state index in [1.54, 1.807) is 25.2 Å². The Morgan fingerprint density at radius 2 is 2.05 bits per heavy atom. The van der Waals surface area contributed by atoms with Crippen LogP contribution in [0.5, 0.6) is 5.75 Å². The molecule has 0 unspecified atom stereocenters. The molecule has 0 atom stereocenters. The normalized spacial score (nSPS) is 10.0. The van der Waals surface area contributed by atoms with Crippen LogP contribution in [0.2, 0.25) is 5.02 Å². The molecule has 2 aromatic rings. The molecular formula is C12H12ClN5O3. The molecule has 0 saturated carbocycles. The standard InChI is InChI=1S/C12H12ClN5O3/c1-14-11-10(18(19)20)12(16-6-15-11)17-8-5-7(13)3-4-9(8)21-2/h3-6H,1-2H3,(H2,14,15,16,17). The van der Waals surface area contributed by atoms with Gasteiger partial charge in [0.15, 0.2) is 0 Å². The molecule has 21 heavy (non-hydrogen) atoms. The Morgan fingerprint density at radius 3 is 2.67 bits per heavy atom. The van der Waals surface area contributed by atoms with Crippen molar-refractivity contribution < 1.29 is 9.66 Å². The zero-order valence-electron chi connectivity index (χ0n) is 11.3. The average Bonchev–Trinajstić information content (AvgIpc) is 2.47. The third-order valence-corrected chi connectivity index (χ3v) is 2.89. The first kappa shape index (κ1) is 14.8. The number of nitrogens with one attached hydrogen (secondary N) is 2. The van der Waals surface area contributed by atoms with Crippen LogP contribution in [0.1, 0.15) is 0 Å². The Labute approximate surface area is 125 Å². The number of methoxy groups -OCH3 is 1. The maximum Gasteiger partial charge on any atom is 0.353 e. The fourth-order valence-electron chi connectivity index (χ4n) is 1.73. The highest BCUT2D eigenvalue weighted by Crippen LogP contribution is 2.35. The van der Waals surface area contributed by atoms with Crippen molar-refractivity contribution >= 4 is 34.6 Å². The van der Waals surface area contributed by atoms with E-state index in [1.807, 2.05) is 0 Å². The van der Waals surface area contributed by atoms with Crippen molar-refractivity contribution in [3.8, 4) is 5.75 Å². The second-order valence-electron chi connectivity index (χ2n) is 3.90. The Hall–Kier alpha value is -2.61. The molecule has 0 aliphatic heterocycles. The Bertz CT molecular complexity index is 680. The summed E-state index contributed by atoms with van der Waals surface area (Å²) in [5, 5.41) is 17.2. The van der Waals surface area contributed by atoms with E-state index in [1.165, 1.54) is 13.4 Å². The van der Waals surface area contributed by atoms with E-state index >= 15 is 0 Å². The van der Waals surface area contributed by atoms with Crippen LogP contribution in [-0.4, -0.2) is 29.0 Å². The van der Waals surface area contributed by atoms with Crippen LogP contribution in [0.25, 0.3) is 0 Å². The number of hydrogen-bond acceptors (Lipinski definition) is 7. The summed E-state index contributed by atoms with van der Waals surface area (Å²) in [4.78, 5) is 18.4. The van der Waals surface area contributed by atoms with Crippen molar-refractivity contribution in [1.82, 2.24) is 9.97 Å². The number of halogens is 1. The van der Waals surface area contributed by atoms with Gasteiger partial charge >= 0.3 is 5.69 Å². The van der Waals surface area contributed by atoms with E-state index in [2.05, 4.69) is 20.6 Å². The molecule has 0 bridgehead atoms. The second-order valence-corrected chi connectivity index (χ2v) is 4.33. The molecular weight excluding hydrogens is 298 g/mol. The van der Waals surface area contributed by atoms with Gasteiger partial charge in [0.2, 0.25) is 11.6 Å². The highest BCUT2D eigenvalue weighted by atomic mass is 35.5. The van der Waals surface area contributed by atoms with E-state index in [4.69, 9.17) is 16.3 Å². The summed E-state index contributed by atoms with van der Waals surface area (Å²) < 4.78 is 5.18. The number of aromatic nitrogens is 2. The van der Waals surface area contributed by atoms with E-state index in [9.17, 15) is 10.1 Å². The van der Waals surface area contributed by atoms with Crippen molar-refractivity contribution in [2.75, 3.05) is 24.8 Å². The second kappa shape index (κ2) is 6.23. The van der Waals surface area contributed by atoms with E-state index < -0.39 is 4.92 Å². The number of nitro groups is 1. The minimum Gasteiger partial charge on any atom is -0.495 e. The van der Waals surface area contributed by atoms with Crippen LogP contribution in [0.15, 0.2) is 24.5 Å². The SMILES string of the molecule is CNc1ncnc(Nc2cc(Cl)ccc2OC)c1[N+](=O)[O-]. The summed E-state index contributed by atoms with van der Waals surface area (Å²) in [5.74, 6) is 0.636. The van der Waals surface area contributed by atoms with E-state index in [0.717, 1.165) is 0 Å². The summed E-state index contributed by atoms with van der Waals surface area (Å²) in [5.41, 5.74) is 0.205. The smallest absolute Gasteiger partial charge is 0.353 e. The molecule has 1 heterocycles. The van der Waals surface area contributed by atoms with Crippen LogP contribution < -0.4 is 15.4 Å². The van der Waals surface area contributed by atoms with Crippen molar-refractivity contribution in [2.24, 2.45) is 0 Å².